The van der Waals surface area contributed by atoms with E-state index in [1.807, 2.05) is 20.8 Å². The molecule has 6 nitrogen and oxygen atoms in total. The molecule has 1 aliphatic carbocycles. The zero-order valence-electron chi connectivity index (χ0n) is 20.3. The molecule has 1 N–H and O–H groups in total. The summed E-state index contributed by atoms with van der Waals surface area (Å²) in [5, 5.41) is 9.96. The van der Waals surface area contributed by atoms with Crippen molar-refractivity contribution in [2.45, 2.75) is 72.3 Å². The van der Waals surface area contributed by atoms with Crippen molar-refractivity contribution in [1.29, 1.82) is 0 Å². The Bertz CT molecular complexity index is 979. The average Bonchev–Trinajstić information content (AvgIpc) is 3.18. The molecule has 0 atom stereocenters. The van der Waals surface area contributed by atoms with Gasteiger partial charge in [-0.2, -0.15) is 0 Å². The van der Waals surface area contributed by atoms with Crippen LogP contribution in [0.4, 0.5) is 5.69 Å². The molecule has 0 bridgehead atoms. The lowest BCUT2D eigenvalue weighted by molar-refractivity contribution is -0.124. The van der Waals surface area contributed by atoms with Gasteiger partial charge in [-0.05, 0) is 71.3 Å². The fraction of sp³-hybridized carbons (Fsp3) is 0.680. The fourth-order valence-electron chi connectivity index (χ4n) is 4.61. The van der Waals surface area contributed by atoms with Gasteiger partial charge in [0.1, 0.15) is 4.88 Å². The molecule has 3 rings (SSSR count). The molecule has 2 fully saturated rings. The van der Waals surface area contributed by atoms with Crippen LogP contribution in [0.15, 0.2) is 6.07 Å². The quantitative estimate of drug-likeness (QED) is 0.396. The second kappa shape index (κ2) is 10.3. The number of carbonyl (C=O) groups excluding carboxylic acids is 1. The summed E-state index contributed by atoms with van der Waals surface area (Å²) in [6.07, 6.45) is 5.55. The highest BCUT2D eigenvalue weighted by Gasteiger charge is 2.39. The molecule has 2 heterocycles. The first-order valence-corrected chi connectivity index (χ1v) is 14.6. The van der Waals surface area contributed by atoms with Crippen LogP contribution in [0.25, 0.3) is 0 Å². The molecule has 0 unspecified atom stereocenters. The van der Waals surface area contributed by atoms with Gasteiger partial charge in [-0.1, -0.05) is 18.8 Å². The standard InChI is InChI=1S/C25H36NO5PS/c1-17-6-8-18(9-7-17)23(27)26(19-11-14-32(30,31-5)15-12-19)21-16-20(10-13-25(2,3)4)33-22(21)24(28)29/h16-19H,6-9,11-12,14-15H2,1-5H3,(H,28,29). The van der Waals surface area contributed by atoms with E-state index >= 15 is 0 Å². The number of hydrogen-bond donors (Lipinski definition) is 1. The van der Waals surface area contributed by atoms with Crippen molar-refractivity contribution < 1.29 is 23.8 Å². The summed E-state index contributed by atoms with van der Waals surface area (Å²) in [5.41, 5.74) is 0.223. The normalized spacial score (nSPS) is 28.0. The van der Waals surface area contributed by atoms with Gasteiger partial charge < -0.3 is 14.5 Å². The second-order valence-corrected chi connectivity index (χ2v) is 14.4. The first kappa shape index (κ1) is 26.0. The molecule has 1 aliphatic heterocycles. The lowest BCUT2D eigenvalue weighted by Gasteiger charge is -2.39. The number of carbonyl (C=O) groups is 2. The summed E-state index contributed by atoms with van der Waals surface area (Å²) in [5.74, 6) is 5.72. The Morgan fingerprint density at radius 2 is 1.76 bits per heavy atom. The van der Waals surface area contributed by atoms with Crippen LogP contribution in [0.2, 0.25) is 0 Å². The molecular weight excluding hydrogens is 457 g/mol. The Kier molecular flexibility index (Phi) is 8.15. The van der Waals surface area contributed by atoms with E-state index in [2.05, 4.69) is 18.8 Å². The van der Waals surface area contributed by atoms with Crippen molar-refractivity contribution in [1.82, 2.24) is 0 Å². The Hall–Kier alpha value is -1.61. The van der Waals surface area contributed by atoms with E-state index in [0.717, 1.165) is 37.0 Å². The lowest BCUT2D eigenvalue weighted by Crippen LogP contribution is -2.47. The molecular formula is C25H36NO5PS. The Balaban J connectivity index is 2.00. The average molecular weight is 494 g/mol. The highest BCUT2D eigenvalue weighted by atomic mass is 32.1. The molecule has 0 aromatic carbocycles. The molecule has 1 aromatic rings. The zero-order valence-corrected chi connectivity index (χ0v) is 22.1. The Labute approximate surface area is 201 Å². The molecule has 182 valence electrons. The Morgan fingerprint density at radius 3 is 2.27 bits per heavy atom. The van der Waals surface area contributed by atoms with Crippen LogP contribution in [0.1, 0.15) is 80.8 Å². The number of nitrogens with zero attached hydrogens (tertiary/aromatic N) is 1. The number of hydrogen-bond acceptors (Lipinski definition) is 5. The SMILES string of the molecule is COP1(=O)CCC(N(C(=O)C2CCC(C)CC2)c2cc(C#CC(C)(C)C)sc2C(=O)O)CC1. The zero-order chi connectivity index (χ0) is 24.4. The number of anilines is 1. The fourth-order valence-corrected chi connectivity index (χ4v) is 7.43. The molecule has 1 saturated carbocycles. The van der Waals surface area contributed by atoms with Gasteiger partial charge in [-0.25, -0.2) is 4.79 Å². The first-order valence-electron chi connectivity index (χ1n) is 11.8. The maximum Gasteiger partial charge on any atom is 0.348 e. The highest BCUT2D eigenvalue weighted by Crippen LogP contribution is 2.52. The molecule has 1 saturated heterocycles. The summed E-state index contributed by atoms with van der Waals surface area (Å²) in [4.78, 5) is 28.5. The van der Waals surface area contributed by atoms with Crippen LogP contribution in [-0.2, 0) is 13.9 Å². The van der Waals surface area contributed by atoms with E-state index in [-0.39, 0.29) is 28.2 Å². The molecule has 0 spiro atoms. The van der Waals surface area contributed by atoms with Crippen molar-refractivity contribution in [3.8, 4) is 11.8 Å². The van der Waals surface area contributed by atoms with Crippen molar-refractivity contribution in [3.05, 3.63) is 15.8 Å². The van der Waals surface area contributed by atoms with Crippen LogP contribution in [0.3, 0.4) is 0 Å². The van der Waals surface area contributed by atoms with E-state index < -0.39 is 13.3 Å². The van der Waals surface area contributed by atoms with E-state index in [0.29, 0.717) is 41.6 Å². The summed E-state index contributed by atoms with van der Waals surface area (Å²) in [6.45, 7) is 8.22. The number of carboxylic acid groups (broad SMARTS) is 1. The third-order valence-corrected chi connectivity index (χ3v) is 10.2. The predicted molar refractivity (Wildman–Crippen MR) is 134 cm³/mol. The predicted octanol–water partition coefficient (Wildman–Crippen LogP) is 6.09. The number of aromatic carboxylic acids is 1. The minimum absolute atomic E-state index is 0.00307. The number of thiophene rings is 1. The van der Waals surface area contributed by atoms with Crippen LogP contribution in [0.5, 0.6) is 0 Å². The van der Waals surface area contributed by atoms with Crippen molar-refractivity contribution in [2.75, 3.05) is 24.3 Å². The van der Waals surface area contributed by atoms with Crippen LogP contribution < -0.4 is 4.90 Å². The maximum atomic E-state index is 13.8. The van der Waals surface area contributed by atoms with E-state index in [1.54, 1.807) is 11.0 Å². The van der Waals surface area contributed by atoms with Gasteiger partial charge in [-0.3, -0.25) is 9.36 Å². The summed E-state index contributed by atoms with van der Waals surface area (Å²) >= 11 is 1.12. The topological polar surface area (TPSA) is 83.9 Å². The minimum Gasteiger partial charge on any atom is -0.477 e. The van der Waals surface area contributed by atoms with E-state index in [9.17, 15) is 19.3 Å². The lowest BCUT2D eigenvalue weighted by atomic mass is 9.82. The minimum atomic E-state index is -2.66. The van der Waals surface area contributed by atoms with Gasteiger partial charge >= 0.3 is 5.97 Å². The van der Waals surface area contributed by atoms with Gasteiger partial charge in [0.25, 0.3) is 0 Å². The molecule has 1 aromatic heterocycles. The molecule has 8 heteroatoms. The highest BCUT2D eigenvalue weighted by molar-refractivity contribution is 7.59. The molecule has 2 aliphatic rings. The molecule has 0 radical (unpaired) electrons. The second-order valence-electron chi connectivity index (χ2n) is 10.5. The van der Waals surface area contributed by atoms with Crippen molar-refractivity contribution in [2.24, 2.45) is 17.3 Å². The van der Waals surface area contributed by atoms with Crippen molar-refractivity contribution in [3.63, 3.8) is 0 Å². The van der Waals surface area contributed by atoms with Crippen LogP contribution in [0, 0.1) is 29.1 Å². The monoisotopic (exact) mass is 493 g/mol. The van der Waals surface area contributed by atoms with E-state index in [1.165, 1.54) is 7.11 Å². The van der Waals surface area contributed by atoms with Gasteiger partial charge in [0.15, 0.2) is 0 Å². The first-order chi connectivity index (χ1) is 15.4. The number of amides is 1. The number of rotatable bonds is 5. The van der Waals surface area contributed by atoms with Gasteiger partial charge in [0.05, 0.1) is 10.6 Å². The summed E-state index contributed by atoms with van der Waals surface area (Å²) in [6, 6.07) is 1.57. The summed E-state index contributed by atoms with van der Waals surface area (Å²) in [7, 11) is -1.18. The van der Waals surface area contributed by atoms with Gasteiger partial charge in [0.2, 0.25) is 13.3 Å². The molecule has 33 heavy (non-hydrogen) atoms. The maximum absolute atomic E-state index is 13.8. The summed E-state index contributed by atoms with van der Waals surface area (Å²) < 4.78 is 18.0. The van der Waals surface area contributed by atoms with Crippen molar-refractivity contribution >= 4 is 36.3 Å². The molecule has 1 amide bonds. The number of carboxylic acids is 1. The Morgan fingerprint density at radius 1 is 1.15 bits per heavy atom. The van der Waals surface area contributed by atoms with Gasteiger partial charge in [-0.15, -0.1) is 11.3 Å². The largest absolute Gasteiger partial charge is 0.477 e. The third kappa shape index (κ3) is 6.50. The third-order valence-electron chi connectivity index (χ3n) is 6.63. The van der Waals surface area contributed by atoms with E-state index in [4.69, 9.17) is 4.52 Å². The van der Waals surface area contributed by atoms with Gasteiger partial charge in [0, 0.05) is 36.8 Å². The smallest absolute Gasteiger partial charge is 0.348 e. The van der Waals surface area contributed by atoms with Crippen LogP contribution in [-0.4, -0.2) is 42.5 Å². The van der Waals surface area contributed by atoms with Crippen LogP contribution >= 0.6 is 18.7 Å².